The molecule has 1 fully saturated rings. The van der Waals surface area contributed by atoms with Crippen LogP contribution in [0, 0.1) is 0 Å². The lowest BCUT2D eigenvalue weighted by molar-refractivity contribution is 0.0739. The summed E-state index contributed by atoms with van der Waals surface area (Å²) in [5.74, 6) is 0. The maximum absolute atomic E-state index is 5.74. The van der Waals surface area contributed by atoms with Crippen molar-refractivity contribution in [2.45, 2.75) is 24.8 Å². The van der Waals surface area contributed by atoms with Gasteiger partial charge in [-0.3, -0.25) is 0 Å². The third-order valence-corrected chi connectivity index (χ3v) is 4.25. The van der Waals surface area contributed by atoms with Crippen molar-refractivity contribution < 1.29 is 0 Å². The van der Waals surface area contributed by atoms with Crippen LogP contribution in [-0.4, -0.2) is 36.1 Å². The molecule has 0 aliphatic heterocycles. The van der Waals surface area contributed by atoms with E-state index in [9.17, 15) is 0 Å². The van der Waals surface area contributed by atoms with Gasteiger partial charge in [0.15, 0.2) is 0 Å². The summed E-state index contributed by atoms with van der Waals surface area (Å²) >= 11 is 5.08. The lowest BCUT2D eigenvalue weighted by Crippen LogP contribution is -2.54. The van der Waals surface area contributed by atoms with Gasteiger partial charge in [0.2, 0.25) is 0 Å². The highest BCUT2D eigenvalue weighted by atomic mass is 32.1. The minimum atomic E-state index is 0.295. The molecule has 1 aromatic carbocycles. The first kappa shape index (κ1) is 13.3. The van der Waals surface area contributed by atoms with Crippen molar-refractivity contribution in [3.63, 3.8) is 0 Å². The minimum Gasteiger partial charge on any atom is -0.389 e. The average Bonchev–Trinajstić information content (AvgIpc) is 2.27. The van der Waals surface area contributed by atoms with Crippen molar-refractivity contribution in [3.8, 4) is 0 Å². The molecular formula is C14H21N3S. The average molecular weight is 263 g/mol. The third kappa shape index (κ3) is 2.49. The lowest BCUT2D eigenvalue weighted by Gasteiger charge is -2.47. The predicted octanol–water partition coefficient (Wildman–Crippen LogP) is 2.22. The molecule has 18 heavy (non-hydrogen) atoms. The first-order valence-corrected chi connectivity index (χ1v) is 6.76. The van der Waals surface area contributed by atoms with Crippen LogP contribution in [0.2, 0.25) is 0 Å². The quantitative estimate of drug-likeness (QED) is 0.799. The summed E-state index contributed by atoms with van der Waals surface area (Å²) in [4.78, 5) is 2.78. The van der Waals surface area contributed by atoms with E-state index in [1.165, 1.54) is 19.3 Å². The summed E-state index contributed by atoms with van der Waals surface area (Å²) < 4.78 is 0. The van der Waals surface area contributed by atoms with Gasteiger partial charge in [-0.15, -0.1) is 0 Å². The summed E-state index contributed by atoms with van der Waals surface area (Å²) in [6, 6.07) is 7.97. The molecular weight excluding hydrogens is 242 g/mol. The van der Waals surface area contributed by atoms with Crippen LogP contribution in [0.1, 0.15) is 24.8 Å². The van der Waals surface area contributed by atoms with E-state index in [1.807, 2.05) is 24.3 Å². The number of hydrogen-bond acceptors (Lipinski definition) is 3. The maximum Gasteiger partial charge on any atom is 0.106 e. The van der Waals surface area contributed by atoms with Crippen LogP contribution in [0.4, 0.5) is 5.69 Å². The third-order valence-electron chi connectivity index (χ3n) is 4.03. The van der Waals surface area contributed by atoms with Crippen LogP contribution in [0.15, 0.2) is 24.3 Å². The smallest absolute Gasteiger partial charge is 0.106 e. The van der Waals surface area contributed by atoms with Crippen LogP contribution >= 0.6 is 12.2 Å². The van der Waals surface area contributed by atoms with Gasteiger partial charge < -0.3 is 16.0 Å². The Kier molecular flexibility index (Phi) is 3.88. The van der Waals surface area contributed by atoms with E-state index >= 15 is 0 Å². The zero-order valence-corrected chi connectivity index (χ0v) is 11.9. The molecule has 1 saturated carbocycles. The largest absolute Gasteiger partial charge is 0.389 e. The van der Waals surface area contributed by atoms with E-state index < -0.39 is 0 Å². The molecule has 1 aliphatic carbocycles. The van der Waals surface area contributed by atoms with E-state index in [-0.39, 0.29) is 0 Å². The standard InChI is InChI=1S/C14H21N3S/c1-17(2)14(8-5-9-14)10-16-12-7-4-3-6-11(12)13(15)18/h3-4,6-7,16H,5,8-10H2,1-2H3,(H2,15,18). The van der Waals surface area contributed by atoms with Gasteiger partial charge in [-0.2, -0.15) is 0 Å². The molecule has 2 rings (SSSR count). The van der Waals surface area contributed by atoms with E-state index in [0.29, 0.717) is 10.5 Å². The second kappa shape index (κ2) is 5.24. The van der Waals surface area contributed by atoms with Crippen LogP contribution in [0.25, 0.3) is 0 Å². The minimum absolute atomic E-state index is 0.295. The van der Waals surface area contributed by atoms with Gasteiger partial charge in [-0.1, -0.05) is 24.4 Å². The first-order chi connectivity index (χ1) is 8.55. The molecule has 3 nitrogen and oxygen atoms in total. The van der Waals surface area contributed by atoms with Crippen LogP contribution in [-0.2, 0) is 0 Å². The number of hydrogen-bond donors (Lipinski definition) is 2. The first-order valence-electron chi connectivity index (χ1n) is 6.35. The van der Waals surface area contributed by atoms with Gasteiger partial charge in [-0.05, 0) is 45.5 Å². The number of thiocarbonyl (C=S) groups is 1. The summed E-state index contributed by atoms with van der Waals surface area (Å²) in [5, 5.41) is 3.51. The zero-order chi connectivity index (χ0) is 13.2. The number of anilines is 1. The van der Waals surface area contributed by atoms with Gasteiger partial charge in [0.05, 0.1) is 0 Å². The second-order valence-electron chi connectivity index (χ2n) is 5.24. The van der Waals surface area contributed by atoms with Crippen molar-refractivity contribution >= 4 is 22.9 Å². The monoisotopic (exact) mass is 263 g/mol. The van der Waals surface area contributed by atoms with Gasteiger partial charge in [0.25, 0.3) is 0 Å². The van der Waals surface area contributed by atoms with Gasteiger partial charge in [0, 0.05) is 23.3 Å². The van der Waals surface area contributed by atoms with Crippen LogP contribution in [0.5, 0.6) is 0 Å². The zero-order valence-electron chi connectivity index (χ0n) is 11.1. The normalized spacial score (nSPS) is 17.3. The van der Waals surface area contributed by atoms with Crippen molar-refractivity contribution in [2.24, 2.45) is 5.73 Å². The summed E-state index contributed by atoms with van der Waals surface area (Å²) in [7, 11) is 4.31. The molecule has 0 atom stereocenters. The van der Waals surface area contributed by atoms with Gasteiger partial charge in [-0.25, -0.2) is 0 Å². The molecule has 0 bridgehead atoms. The van der Waals surface area contributed by atoms with Crippen molar-refractivity contribution in [1.82, 2.24) is 4.90 Å². The Hall–Kier alpha value is -1.13. The number of nitrogens with two attached hydrogens (primary N) is 1. The number of likely N-dealkylation sites (N-methyl/N-ethyl adjacent to an activating group) is 1. The fraction of sp³-hybridized carbons (Fsp3) is 0.500. The highest BCUT2D eigenvalue weighted by Gasteiger charge is 2.38. The van der Waals surface area contributed by atoms with E-state index in [4.69, 9.17) is 18.0 Å². The molecule has 3 N–H and O–H groups in total. The Labute approximate surface area is 114 Å². The Bertz CT molecular complexity index is 438. The molecule has 0 aromatic heterocycles. The second-order valence-corrected chi connectivity index (χ2v) is 5.68. The lowest BCUT2D eigenvalue weighted by atomic mass is 9.75. The summed E-state index contributed by atoms with van der Waals surface area (Å²) in [6.07, 6.45) is 3.82. The molecule has 0 radical (unpaired) electrons. The molecule has 0 amide bonds. The van der Waals surface area contributed by atoms with E-state index in [0.717, 1.165) is 17.8 Å². The van der Waals surface area contributed by atoms with Gasteiger partial charge >= 0.3 is 0 Å². The van der Waals surface area contributed by atoms with E-state index in [1.54, 1.807) is 0 Å². The number of rotatable bonds is 5. The van der Waals surface area contributed by atoms with E-state index in [2.05, 4.69) is 24.3 Å². The molecule has 1 aromatic rings. The molecule has 0 heterocycles. The molecule has 98 valence electrons. The van der Waals surface area contributed by atoms with Crippen molar-refractivity contribution in [1.29, 1.82) is 0 Å². The summed E-state index contributed by atoms with van der Waals surface area (Å²) in [5.41, 5.74) is 8.01. The number of para-hydroxylation sites is 1. The van der Waals surface area contributed by atoms with Gasteiger partial charge in [0.1, 0.15) is 4.99 Å². The maximum atomic E-state index is 5.74. The Morgan fingerprint density at radius 3 is 2.56 bits per heavy atom. The molecule has 0 saturated heterocycles. The van der Waals surface area contributed by atoms with Crippen molar-refractivity contribution in [3.05, 3.63) is 29.8 Å². The van der Waals surface area contributed by atoms with Crippen LogP contribution < -0.4 is 11.1 Å². The fourth-order valence-electron chi connectivity index (χ4n) is 2.48. The van der Waals surface area contributed by atoms with Crippen LogP contribution in [0.3, 0.4) is 0 Å². The molecule has 1 aliphatic rings. The predicted molar refractivity (Wildman–Crippen MR) is 81.1 cm³/mol. The highest BCUT2D eigenvalue weighted by Crippen LogP contribution is 2.36. The Morgan fingerprint density at radius 1 is 1.39 bits per heavy atom. The number of nitrogens with zero attached hydrogens (tertiary/aromatic N) is 1. The number of benzene rings is 1. The molecule has 0 spiro atoms. The highest BCUT2D eigenvalue weighted by molar-refractivity contribution is 7.80. The topological polar surface area (TPSA) is 41.3 Å². The SMILES string of the molecule is CN(C)C1(CNc2ccccc2C(N)=S)CCC1. The molecule has 0 unspecified atom stereocenters. The molecule has 4 heteroatoms. The fourth-order valence-corrected chi connectivity index (χ4v) is 2.66. The Balaban J connectivity index is 2.08. The Morgan fingerprint density at radius 2 is 2.06 bits per heavy atom. The van der Waals surface area contributed by atoms with Crippen molar-refractivity contribution in [2.75, 3.05) is 26.0 Å². The summed E-state index contributed by atoms with van der Waals surface area (Å²) in [6.45, 7) is 0.944. The number of nitrogens with one attached hydrogen (secondary N) is 1.